The number of fused-ring (bicyclic) bond motifs is 13. The number of benzene rings is 22. The third-order valence-electron chi connectivity index (χ3n) is 21.5. The maximum atomic E-state index is 2.40. The SMILES string of the molecule is CC.CC.CC.CC.[Y].[Y].[Y].[Y].c1ccc(-c2cc3ccccc3c3ccccc23)cc1.c1ccc(-c2ccc3c(-c4ccc5ccccc5c4)c4ccccc4c(-c4ccc5ccccc5c4)c3c2)cc1.c1ccc(-c2ccc3c4ccccc4c4ccccc4c3c2)cc1.c1ccc(-c2ccc3ccc4cccc5ccc2c3c45)cc1. The van der Waals surface area contributed by atoms with E-state index in [9.17, 15) is 0 Å². The fraction of sp³-hybridized carbons (Fsp3) is 0.0702. The van der Waals surface area contributed by atoms with E-state index in [0.29, 0.717) is 0 Å². The minimum absolute atomic E-state index is 0. The Hall–Kier alpha value is -9.36. The predicted octanol–water partition coefficient (Wildman–Crippen LogP) is 34.1. The smallest absolute Gasteiger partial charge is 0 e. The summed E-state index contributed by atoms with van der Waals surface area (Å²) in [6.07, 6.45) is 0. The summed E-state index contributed by atoms with van der Waals surface area (Å²) in [7, 11) is 0. The molecule has 118 heavy (non-hydrogen) atoms. The van der Waals surface area contributed by atoms with E-state index in [2.05, 4.69) is 425 Å². The average molecular weight is 1820 g/mol. The minimum Gasteiger partial charge on any atom is -0.0683 e. The van der Waals surface area contributed by atoms with Crippen molar-refractivity contribution < 1.29 is 131 Å². The second-order valence-electron chi connectivity index (χ2n) is 27.7. The summed E-state index contributed by atoms with van der Waals surface area (Å²) in [6, 6.07) is 153. The molecule has 22 aromatic rings. The Morgan fingerprint density at radius 1 is 0.119 bits per heavy atom. The van der Waals surface area contributed by atoms with Gasteiger partial charge in [-0.05, 0) is 226 Å². The molecule has 0 nitrogen and oxygen atoms in total. The van der Waals surface area contributed by atoms with Crippen molar-refractivity contribution in [2.24, 2.45) is 0 Å². The average Bonchev–Trinajstić information content (AvgIpc) is 0.737. The Morgan fingerprint density at radius 2 is 0.398 bits per heavy atom. The van der Waals surface area contributed by atoms with E-state index in [0.717, 1.165) is 0 Å². The van der Waals surface area contributed by atoms with Crippen LogP contribution in [0.5, 0.6) is 0 Å². The molecule has 0 aliphatic rings. The third-order valence-corrected chi connectivity index (χ3v) is 21.5. The third kappa shape index (κ3) is 18.6. The van der Waals surface area contributed by atoms with Gasteiger partial charge >= 0.3 is 0 Å². The Bertz CT molecular complexity index is 7010. The van der Waals surface area contributed by atoms with E-state index in [1.165, 1.54) is 196 Å². The van der Waals surface area contributed by atoms with E-state index in [-0.39, 0.29) is 131 Å². The molecule has 4 radical (unpaired) electrons. The van der Waals surface area contributed by atoms with Gasteiger partial charge in [0, 0.05) is 131 Å². The van der Waals surface area contributed by atoms with Gasteiger partial charge in [0.2, 0.25) is 0 Å². The molecule has 0 atom stereocenters. The van der Waals surface area contributed by atoms with Crippen LogP contribution in [0.3, 0.4) is 0 Å². The van der Waals surface area contributed by atoms with E-state index >= 15 is 0 Å². The summed E-state index contributed by atoms with van der Waals surface area (Å²) in [5.41, 5.74) is 15.2. The topological polar surface area (TPSA) is 0 Å². The van der Waals surface area contributed by atoms with Gasteiger partial charge in [-0.2, -0.15) is 0 Å². The van der Waals surface area contributed by atoms with Crippen molar-refractivity contribution >= 4 is 129 Å². The maximum absolute atomic E-state index is 2.40. The van der Waals surface area contributed by atoms with Crippen LogP contribution in [0.1, 0.15) is 55.4 Å². The van der Waals surface area contributed by atoms with Crippen LogP contribution in [0.4, 0.5) is 0 Å². The standard InChI is InChI=1S/C40H26.C24H16.C22H14.C20H14.4C2H6.4Y/c1-2-10-27(11-3-1)32-22-23-37-38(26-32)40(34-21-19-29-13-5-7-15-31(29)25-34)36-17-9-8-16-35(36)39(37)33-20-18-28-12-4-6-14-30(28)24-33;1-2-8-17(9-3-1)18-14-15-23-21-12-5-4-10-19(21)20-11-6-7-13-22(20)24(23)16-18;1-2-5-15(6-3-1)19-13-11-18-10-9-16-7-4-8-17-12-14-20(19)22(18)21(16)17;1-2-8-15(9-3-1)20-14-16-10-4-5-11-17(16)18-12-6-7-13-19(18)20;4*1-2;;;;/h1-26H;1-16H;1-14H;1-14H;4*1-2H3;;;;. The largest absolute Gasteiger partial charge is 0.0683 e. The second kappa shape index (κ2) is 43.0. The van der Waals surface area contributed by atoms with Gasteiger partial charge in [0.05, 0.1) is 0 Å². The van der Waals surface area contributed by atoms with Crippen LogP contribution < -0.4 is 0 Å². The quantitative estimate of drug-likeness (QED) is 0.115. The molecule has 0 bridgehead atoms. The number of rotatable bonds is 6. The molecule has 4 heteroatoms. The van der Waals surface area contributed by atoms with Crippen molar-refractivity contribution in [3.8, 4) is 66.8 Å². The van der Waals surface area contributed by atoms with Crippen molar-refractivity contribution in [2.45, 2.75) is 55.4 Å². The van der Waals surface area contributed by atoms with E-state index in [1.54, 1.807) is 0 Å². The maximum Gasteiger partial charge on any atom is 0 e. The Kier molecular flexibility index (Phi) is 32.6. The molecule has 0 fully saturated rings. The molecular formula is C114H94Y4. The zero-order valence-corrected chi connectivity index (χ0v) is 80.1. The molecule has 0 spiro atoms. The Labute approximate surface area is 797 Å². The zero-order chi connectivity index (χ0) is 78.3. The van der Waals surface area contributed by atoms with Crippen LogP contribution in [0, 0.1) is 0 Å². The van der Waals surface area contributed by atoms with Gasteiger partial charge < -0.3 is 0 Å². The van der Waals surface area contributed by atoms with E-state index < -0.39 is 0 Å². The molecule has 0 saturated carbocycles. The molecule has 22 aromatic carbocycles. The summed E-state index contributed by atoms with van der Waals surface area (Å²) >= 11 is 0. The summed E-state index contributed by atoms with van der Waals surface area (Å²) in [4.78, 5) is 0. The van der Waals surface area contributed by atoms with Gasteiger partial charge in [-0.3, -0.25) is 0 Å². The molecule has 0 unspecified atom stereocenters. The van der Waals surface area contributed by atoms with Gasteiger partial charge in [-0.15, -0.1) is 0 Å². The first-order valence-corrected chi connectivity index (χ1v) is 40.7. The predicted molar refractivity (Wildman–Crippen MR) is 505 cm³/mol. The number of hydrogen-bond donors (Lipinski definition) is 0. The summed E-state index contributed by atoms with van der Waals surface area (Å²) in [5, 5.41) is 31.4. The minimum atomic E-state index is 0. The Balaban J connectivity index is 0.000000154. The molecule has 22 rings (SSSR count). The first-order valence-electron chi connectivity index (χ1n) is 40.7. The molecule has 0 aromatic heterocycles. The fourth-order valence-corrected chi connectivity index (χ4v) is 16.5. The van der Waals surface area contributed by atoms with Crippen molar-refractivity contribution in [3.63, 3.8) is 0 Å². The molecule has 0 heterocycles. The molecule has 0 saturated heterocycles. The normalized spacial score (nSPS) is 10.4. The Morgan fingerprint density at radius 3 is 0.873 bits per heavy atom. The first kappa shape index (κ1) is 89.4. The van der Waals surface area contributed by atoms with Crippen molar-refractivity contribution in [2.75, 3.05) is 0 Å². The molecule has 0 aliphatic carbocycles. The fourth-order valence-electron chi connectivity index (χ4n) is 16.5. The van der Waals surface area contributed by atoms with Gasteiger partial charge in [0.15, 0.2) is 0 Å². The molecule has 0 aliphatic heterocycles. The summed E-state index contributed by atoms with van der Waals surface area (Å²) in [6.45, 7) is 16.0. The van der Waals surface area contributed by atoms with Crippen LogP contribution in [-0.4, -0.2) is 0 Å². The van der Waals surface area contributed by atoms with Gasteiger partial charge in [0.1, 0.15) is 0 Å². The second-order valence-corrected chi connectivity index (χ2v) is 27.7. The van der Waals surface area contributed by atoms with Crippen LogP contribution >= 0.6 is 0 Å². The van der Waals surface area contributed by atoms with Crippen molar-refractivity contribution in [3.05, 3.63) is 425 Å². The van der Waals surface area contributed by atoms with Gasteiger partial charge in [0.25, 0.3) is 0 Å². The first-order chi connectivity index (χ1) is 56.6. The van der Waals surface area contributed by atoms with Crippen molar-refractivity contribution in [1.29, 1.82) is 0 Å². The van der Waals surface area contributed by atoms with E-state index in [4.69, 9.17) is 0 Å². The molecule has 562 valence electrons. The van der Waals surface area contributed by atoms with E-state index in [1.807, 2.05) is 55.4 Å². The summed E-state index contributed by atoms with van der Waals surface area (Å²) < 4.78 is 0. The van der Waals surface area contributed by atoms with Crippen LogP contribution in [-0.2, 0) is 131 Å². The van der Waals surface area contributed by atoms with Crippen molar-refractivity contribution in [1.82, 2.24) is 0 Å². The molecule has 0 amide bonds. The van der Waals surface area contributed by atoms with Gasteiger partial charge in [-0.1, -0.05) is 450 Å². The van der Waals surface area contributed by atoms with Crippen LogP contribution in [0.2, 0.25) is 0 Å². The van der Waals surface area contributed by atoms with Crippen LogP contribution in [0.15, 0.2) is 425 Å². The summed E-state index contributed by atoms with van der Waals surface area (Å²) in [5.74, 6) is 0. The number of hydrogen-bond acceptors (Lipinski definition) is 0. The molecule has 0 N–H and O–H groups in total. The monoisotopic (exact) mass is 1820 g/mol. The van der Waals surface area contributed by atoms with Gasteiger partial charge in [-0.25, -0.2) is 0 Å². The molecular weight excluding hydrogens is 1720 g/mol. The zero-order valence-electron chi connectivity index (χ0n) is 68.7. The van der Waals surface area contributed by atoms with Crippen LogP contribution in [0.25, 0.3) is 196 Å².